The highest BCUT2D eigenvalue weighted by molar-refractivity contribution is 7.24. The summed E-state index contributed by atoms with van der Waals surface area (Å²) in [7, 11) is 0. The van der Waals surface area contributed by atoms with Crippen molar-refractivity contribution < 1.29 is 19.0 Å². The second-order valence-corrected chi connectivity index (χ2v) is 7.47. The van der Waals surface area contributed by atoms with Crippen molar-refractivity contribution in [2.45, 2.75) is 13.8 Å². The van der Waals surface area contributed by atoms with Gasteiger partial charge in [0.15, 0.2) is 11.5 Å². The number of hydrogen-bond donors (Lipinski definition) is 0. The van der Waals surface area contributed by atoms with Crippen LogP contribution in [0.4, 0.5) is 0 Å². The fourth-order valence-corrected chi connectivity index (χ4v) is 4.56. The standard InChI is InChI=1S/C18H15NO4S2/c1-3-21-18(20)16-10(2)19-17(25-16)15-7-6-14(24-15)11-4-5-12-13(8-11)23-9-22-12/h4-8H,3,9H2,1-2H3. The van der Waals surface area contributed by atoms with Crippen molar-refractivity contribution in [2.75, 3.05) is 13.4 Å². The molecule has 0 spiro atoms. The molecule has 2 aromatic heterocycles. The molecular weight excluding hydrogens is 358 g/mol. The number of rotatable bonds is 4. The zero-order chi connectivity index (χ0) is 17.4. The van der Waals surface area contributed by atoms with Gasteiger partial charge in [-0.25, -0.2) is 9.78 Å². The molecule has 0 atom stereocenters. The van der Waals surface area contributed by atoms with Crippen LogP contribution in [0.15, 0.2) is 30.3 Å². The van der Waals surface area contributed by atoms with Crippen LogP contribution in [0.25, 0.3) is 20.3 Å². The van der Waals surface area contributed by atoms with Gasteiger partial charge in [-0.05, 0) is 49.7 Å². The van der Waals surface area contributed by atoms with E-state index in [1.165, 1.54) is 11.3 Å². The number of benzene rings is 1. The minimum Gasteiger partial charge on any atom is -0.462 e. The predicted molar refractivity (Wildman–Crippen MR) is 97.7 cm³/mol. The summed E-state index contributed by atoms with van der Waals surface area (Å²) in [4.78, 5) is 19.2. The molecule has 0 saturated heterocycles. The molecule has 0 radical (unpaired) electrons. The number of aryl methyl sites for hydroxylation is 1. The van der Waals surface area contributed by atoms with Crippen molar-refractivity contribution in [1.29, 1.82) is 0 Å². The zero-order valence-corrected chi connectivity index (χ0v) is 15.3. The first-order chi connectivity index (χ1) is 12.2. The Balaban J connectivity index is 1.63. The Hall–Kier alpha value is -2.38. The van der Waals surface area contributed by atoms with Crippen molar-refractivity contribution in [3.63, 3.8) is 0 Å². The quantitative estimate of drug-likeness (QED) is 0.618. The third-order valence-electron chi connectivity index (χ3n) is 3.73. The maximum absolute atomic E-state index is 12.0. The topological polar surface area (TPSA) is 57.7 Å². The molecule has 1 aliphatic rings. The molecule has 3 aromatic rings. The number of aromatic nitrogens is 1. The zero-order valence-electron chi connectivity index (χ0n) is 13.7. The first-order valence-corrected chi connectivity index (χ1v) is 9.44. The largest absolute Gasteiger partial charge is 0.462 e. The van der Waals surface area contributed by atoms with Gasteiger partial charge in [-0.15, -0.1) is 22.7 Å². The minimum atomic E-state index is -0.309. The average Bonchev–Trinajstić information content (AvgIpc) is 3.33. The van der Waals surface area contributed by atoms with Crippen LogP contribution in [0.1, 0.15) is 22.3 Å². The lowest BCUT2D eigenvalue weighted by Crippen LogP contribution is -2.03. The molecule has 0 N–H and O–H groups in total. The van der Waals surface area contributed by atoms with Crippen LogP contribution in [0, 0.1) is 6.92 Å². The van der Waals surface area contributed by atoms with Gasteiger partial charge < -0.3 is 14.2 Å². The summed E-state index contributed by atoms with van der Waals surface area (Å²) in [5.41, 5.74) is 1.77. The van der Waals surface area contributed by atoms with E-state index >= 15 is 0 Å². The van der Waals surface area contributed by atoms with Gasteiger partial charge in [0.05, 0.1) is 17.2 Å². The number of thiazole rings is 1. The van der Waals surface area contributed by atoms with E-state index < -0.39 is 0 Å². The molecule has 7 heteroatoms. The molecule has 5 nitrogen and oxygen atoms in total. The minimum absolute atomic E-state index is 0.267. The van der Waals surface area contributed by atoms with Crippen LogP contribution in [-0.4, -0.2) is 24.4 Å². The fraction of sp³-hybridized carbons (Fsp3) is 0.222. The maximum Gasteiger partial charge on any atom is 0.350 e. The summed E-state index contributed by atoms with van der Waals surface area (Å²) < 4.78 is 15.9. The molecule has 0 bridgehead atoms. The highest BCUT2D eigenvalue weighted by Crippen LogP contribution is 2.41. The third kappa shape index (κ3) is 3.01. The highest BCUT2D eigenvalue weighted by Gasteiger charge is 2.19. The Morgan fingerprint density at radius 2 is 1.96 bits per heavy atom. The lowest BCUT2D eigenvalue weighted by molar-refractivity contribution is 0.0531. The summed E-state index contributed by atoms with van der Waals surface area (Å²) in [5, 5.41) is 0.831. The van der Waals surface area contributed by atoms with Gasteiger partial charge in [0.25, 0.3) is 0 Å². The molecule has 1 aliphatic heterocycles. The van der Waals surface area contributed by atoms with Gasteiger partial charge in [-0.2, -0.15) is 0 Å². The molecule has 0 unspecified atom stereocenters. The first-order valence-electron chi connectivity index (χ1n) is 7.80. The molecule has 0 saturated carbocycles. The Kier molecular flexibility index (Phi) is 4.19. The summed E-state index contributed by atoms with van der Waals surface area (Å²) in [6.07, 6.45) is 0. The average molecular weight is 373 g/mol. The third-order valence-corrected chi connectivity index (χ3v) is 6.17. The normalized spacial score (nSPS) is 12.4. The fourth-order valence-electron chi connectivity index (χ4n) is 2.55. The van der Waals surface area contributed by atoms with E-state index in [2.05, 4.69) is 11.1 Å². The monoisotopic (exact) mass is 373 g/mol. The molecular formula is C18H15NO4S2. The Morgan fingerprint density at radius 1 is 1.16 bits per heavy atom. The second kappa shape index (κ2) is 6.50. The van der Waals surface area contributed by atoms with E-state index in [1.54, 1.807) is 18.3 Å². The number of carbonyl (C=O) groups is 1. The molecule has 25 heavy (non-hydrogen) atoms. The van der Waals surface area contributed by atoms with Crippen molar-refractivity contribution in [1.82, 2.24) is 4.98 Å². The highest BCUT2D eigenvalue weighted by atomic mass is 32.1. The molecule has 128 valence electrons. The number of nitrogens with zero attached hydrogens (tertiary/aromatic N) is 1. The lowest BCUT2D eigenvalue weighted by atomic mass is 10.1. The molecule has 0 amide bonds. The van der Waals surface area contributed by atoms with E-state index in [-0.39, 0.29) is 12.8 Å². The Bertz CT molecular complexity index is 944. The van der Waals surface area contributed by atoms with Crippen LogP contribution in [-0.2, 0) is 4.74 Å². The van der Waals surface area contributed by atoms with Gasteiger partial charge in [0.1, 0.15) is 9.88 Å². The number of esters is 1. The Morgan fingerprint density at radius 3 is 2.80 bits per heavy atom. The van der Waals surface area contributed by atoms with Gasteiger partial charge in [0.2, 0.25) is 6.79 Å². The van der Waals surface area contributed by atoms with E-state index in [1.807, 2.05) is 31.2 Å². The maximum atomic E-state index is 12.0. The van der Waals surface area contributed by atoms with Crippen LogP contribution >= 0.6 is 22.7 Å². The molecule has 0 fully saturated rings. The van der Waals surface area contributed by atoms with Crippen LogP contribution in [0.2, 0.25) is 0 Å². The number of ether oxygens (including phenoxy) is 3. The van der Waals surface area contributed by atoms with Crippen LogP contribution in [0.5, 0.6) is 11.5 Å². The Labute approximate surface area is 152 Å². The summed E-state index contributed by atoms with van der Waals surface area (Å²) in [6, 6.07) is 9.99. The lowest BCUT2D eigenvalue weighted by Gasteiger charge is -1.99. The second-order valence-electron chi connectivity index (χ2n) is 5.39. The van der Waals surface area contributed by atoms with Gasteiger partial charge in [-0.3, -0.25) is 0 Å². The first kappa shape index (κ1) is 16.1. The van der Waals surface area contributed by atoms with E-state index in [0.29, 0.717) is 17.2 Å². The molecule has 3 heterocycles. The van der Waals surface area contributed by atoms with Crippen molar-refractivity contribution in [3.05, 3.63) is 40.9 Å². The smallest absolute Gasteiger partial charge is 0.350 e. The van der Waals surface area contributed by atoms with Crippen molar-refractivity contribution >= 4 is 28.6 Å². The SMILES string of the molecule is CCOC(=O)c1sc(-c2ccc(-c3ccc4c(c3)OCO4)s2)nc1C. The number of thiophene rings is 1. The number of carbonyl (C=O) groups excluding carboxylic acids is 1. The molecule has 0 aliphatic carbocycles. The van der Waals surface area contributed by atoms with Crippen LogP contribution in [0.3, 0.4) is 0 Å². The molecule has 4 rings (SSSR count). The number of hydrogen-bond acceptors (Lipinski definition) is 7. The number of fused-ring (bicyclic) bond motifs is 1. The van der Waals surface area contributed by atoms with E-state index in [9.17, 15) is 4.79 Å². The van der Waals surface area contributed by atoms with Gasteiger partial charge >= 0.3 is 5.97 Å². The van der Waals surface area contributed by atoms with E-state index in [4.69, 9.17) is 14.2 Å². The van der Waals surface area contributed by atoms with Crippen molar-refractivity contribution in [3.8, 4) is 31.8 Å². The van der Waals surface area contributed by atoms with Crippen LogP contribution < -0.4 is 9.47 Å². The molecule has 1 aromatic carbocycles. The van der Waals surface area contributed by atoms with Crippen molar-refractivity contribution in [2.24, 2.45) is 0 Å². The van der Waals surface area contributed by atoms with Gasteiger partial charge in [0, 0.05) is 4.88 Å². The van der Waals surface area contributed by atoms with E-state index in [0.717, 1.165) is 31.8 Å². The predicted octanol–water partition coefficient (Wildman–Crippen LogP) is 4.75. The summed E-state index contributed by atoms with van der Waals surface area (Å²) >= 11 is 3.00. The summed E-state index contributed by atoms with van der Waals surface area (Å²) in [5.74, 6) is 1.23. The summed E-state index contributed by atoms with van der Waals surface area (Å²) in [6.45, 7) is 4.26. The van der Waals surface area contributed by atoms with Gasteiger partial charge in [-0.1, -0.05) is 0 Å².